The Morgan fingerprint density at radius 3 is 2.54 bits per heavy atom. The second kappa shape index (κ2) is 10.8. The molecule has 1 fully saturated rings. The van der Waals surface area contributed by atoms with Crippen molar-refractivity contribution in [1.29, 1.82) is 0 Å². The summed E-state index contributed by atoms with van der Waals surface area (Å²) in [4.78, 5) is 36.4. The van der Waals surface area contributed by atoms with Gasteiger partial charge in [0.05, 0.1) is 16.3 Å². The van der Waals surface area contributed by atoms with Crippen LogP contribution in [0, 0.1) is 0 Å². The van der Waals surface area contributed by atoms with E-state index in [4.69, 9.17) is 27.4 Å². The number of carbonyl (C=O) groups is 2. The topological polar surface area (TPSA) is 134 Å². The normalized spacial score (nSPS) is 16.9. The Labute approximate surface area is 234 Å². The van der Waals surface area contributed by atoms with Crippen LogP contribution in [0.4, 0.5) is 11.5 Å². The molecule has 1 aromatic carbocycles. The number of halogens is 2. The van der Waals surface area contributed by atoms with Gasteiger partial charge in [0.2, 0.25) is 11.8 Å². The van der Waals surface area contributed by atoms with Crippen molar-refractivity contribution in [1.82, 2.24) is 14.9 Å². The number of nitrogens with one attached hydrogen (secondary N) is 1. The summed E-state index contributed by atoms with van der Waals surface area (Å²) >= 11 is 12.5. The van der Waals surface area contributed by atoms with Crippen molar-refractivity contribution in [2.45, 2.75) is 31.3 Å². The van der Waals surface area contributed by atoms with Crippen molar-refractivity contribution < 1.29 is 22.2 Å². The highest BCUT2D eigenvalue weighted by atomic mass is 35.5. The van der Waals surface area contributed by atoms with Gasteiger partial charge in [-0.3, -0.25) is 9.59 Å². The van der Waals surface area contributed by atoms with Crippen LogP contribution in [0.1, 0.15) is 29.6 Å². The first kappa shape index (κ1) is 26.9. The summed E-state index contributed by atoms with van der Waals surface area (Å²) in [5.41, 5.74) is 0.424. The Bertz CT molecular complexity index is 1570. The average Bonchev–Trinajstić information content (AvgIpc) is 3.67. The van der Waals surface area contributed by atoms with E-state index in [2.05, 4.69) is 20.4 Å². The molecule has 14 heteroatoms. The van der Waals surface area contributed by atoms with Gasteiger partial charge < -0.3 is 14.4 Å². The Balaban J connectivity index is 1.45. The molecule has 202 valence electrons. The molecule has 0 saturated heterocycles. The number of aromatic nitrogens is 2. The van der Waals surface area contributed by atoms with Crippen LogP contribution in [0.25, 0.3) is 0 Å². The SMILES string of the molecule is CN(C(=O)c1cc(Cl)ccc1NC(=O)C1CC(S(=O)(=O)Oc2ccccn2)=NN1c1ncccc1Cl)C1CC1. The van der Waals surface area contributed by atoms with Crippen LogP contribution in [0.15, 0.2) is 66.0 Å². The van der Waals surface area contributed by atoms with E-state index >= 15 is 0 Å². The predicted molar refractivity (Wildman–Crippen MR) is 147 cm³/mol. The van der Waals surface area contributed by atoms with E-state index in [1.165, 1.54) is 36.7 Å². The van der Waals surface area contributed by atoms with Gasteiger partial charge in [-0.05, 0) is 49.2 Å². The molecule has 1 saturated carbocycles. The van der Waals surface area contributed by atoms with Crippen LogP contribution in [0.2, 0.25) is 10.0 Å². The van der Waals surface area contributed by atoms with Crippen LogP contribution >= 0.6 is 23.2 Å². The van der Waals surface area contributed by atoms with E-state index in [0.717, 1.165) is 17.9 Å². The molecule has 0 radical (unpaired) electrons. The van der Waals surface area contributed by atoms with Gasteiger partial charge in [0.15, 0.2) is 10.9 Å². The standard InChI is InChI=1S/C25H22Cl2N6O5S/c1-32(16-8-9-16)25(35)17-13-15(26)7-10-19(17)30-24(34)20-14-22(31-33(20)23-18(27)5-4-12-29-23)39(36,37)38-21-6-2-3-11-28-21/h2-7,10-13,16,20H,8-9,14H2,1H3,(H,30,34). The average molecular weight is 589 g/mol. The highest BCUT2D eigenvalue weighted by Crippen LogP contribution is 2.33. The number of pyridine rings is 2. The van der Waals surface area contributed by atoms with E-state index in [1.807, 2.05) is 0 Å². The Kier molecular flexibility index (Phi) is 7.43. The molecule has 0 spiro atoms. The van der Waals surface area contributed by atoms with Gasteiger partial charge in [-0.25, -0.2) is 15.0 Å². The number of hydrogen-bond acceptors (Lipinski definition) is 9. The number of hydrazone groups is 1. The number of benzene rings is 1. The van der Waals surface area contributed by atoms with Crippen molar-refractivity contribution in [2.75, 3.05) is 17.4 Å². The van der Waals surface area contributed by atoms with Gasteiger partial charge in [0.25, 0.3) is 5.91 Å². The third-order valence-corrected chi connectivity index (χ3v) is 7.89. The molecule has 1 aliphatic carbocycles. The van der Waals surface area contributed by atoms with Crippen molar-refractivity contribution in [3.05, 3.63) is 76.5 Å². The Morgan fingerprint density at radius 2 is 1.85 bits per heavy atom. The molecule has 11 nitrogen and oxygen atoms in total. The van der Waals surface area contributed by atoms with Gasteiger partial charge >= 0.3 is 10.1 Å². The minimum absolute atomic E-state index is 0.0724. The first-order valence-corrected chi connectivity index (χ1v) is 14.0. The van der Waals surface area contributed by atoms with Gasteiger partial charge in [-0.2, -0.15) is 13.5 Å². The fourth-order valence-electron chi connectivity index (χ4n) is 3.97. The molecule has 3 aromatic rings. The minimum atomic E-state index is -4.43. The predicted octanol–water partition coefficient (Wildman–Crippen LogP) is 3.96. The highest BCUT2D eigenvalue weighted by molar-refractivity contribution is 8.02. The number of amides is 2. The first-order valence-electron chi connectivity index (χ1n) is 11.8. The first-order chi connectivity index (χ1) is 18.6. The highest BCUT2D eigenvalue weighted by Gasteiger charge is 2.41. The van der Waals surface area contributed by atoms with Gasteiger partial charge in [0, 0.05) is 43.0 Å². The molecule has 2 amide bonds. The lowest BCUT2D eigenvalue weighted by molar-refractivity contribution is -0.117. The van der Waals surface area contributed by atoms with Gasteiger partial charge in [0.1, 0.15) is 6.04 Å². The van der Waals surface area contributed by atoms with Crippen LogP contribution in [0.3, 0.4) is 0 Å². The van der Waals surface area contributed by atoms with Crippen LogP contribution in [-0.4, -0.2) is 59.3 Å². The number of anilines is 2. The molecule has 5 rings (SSSR count). The molecule has 1 aliphatic heterocycles. The minimum Gasteiger partial charge on any atom is -0.357 e. The van der Waals surface area contributed by atoms with Crippen molar-refractivity contribution >= 4 is 61.7 Å². The maximum absolute atomic E-state index is 13.6. The molecular formula is C25H22Cl2N6O5S. The number of rotatable bonds is 7. The van der Waals surface area contributed by atoms with E-state index in [1.54, 1.807) is 36.2 Å². The summed E-state index contributed by atoms with van der Waals surface area (Å²) in [5, 5.41) is 8.08. The lowest BCUT2D eigenvalue weighted by atomic mass is 10.1. The van der Waals surface area contributed by atoms with E-state index in [-0.39, 0.29) is 46.3 Å². The molecule has 0 bridgehead atoms. The van der Waals surface area contributed by atoms with Crippen LogP contribution < -0.4 is 14.5 Å². The summed E-state index contributed by atoms with van der Waals surface area (Å²) in [6.07, 6.45) is 4.27. The number of nitrogens with zero attached hydrogens (tertiary/aromatic N) is 5. The monoisotopic (exact) mass is 588 g/mol. The zero-order valence-electron chi connectivity index (χ0n) is 20.5. The quantitative estimate of drug-likeness (QED) is 0.410. The molecule has 2 aromatic heterocycles. The van der Waals surface area contributed by atoms with Crippen molar-refractivity contribution in [2.24, 2.45) is 5.10 Å². The molecule has 1 N–H and O–H groups in total. The Morgan fingerprint density at radius 1 is 1.08 bits per heavy atom. The lowest BCUT2D eigenvalue weighted by Crippen LogP contribution is -2.40. The van der Waals surface area contributed by atoms with Crippen LogP contribution in [0.5, 0.6) is 5.88 Å². The van der Waals surface area contributed by atoms with E-state index in [0.29, 0.717) is 5.02 Å². The summed E-state index contributed by atoms with van der Waals surface area (Å²) in [6.45, 7) is 0. The summed E-state index contributed by atoms with van der Waals surface area (Å²) in [5.74, 6) is -1.02. The molecular weight excluding hydrogens is 567 g/mol. The van der Waals surface area contributed by atoms with Gasteiger partial charge in [-0.1, -0.05) is 29.3 Å². The van der Waals surface area contributed by atoms with E-state index < -0.39 is 27.1 Å². The largest absolute Gasteiger partial charge is 0.357 e. The second-order valence-corrected chi connectivity index (χ2v) is 11.3. The zero-order chi connectivity index (χ0) is 27.7. The lowest BCUT2D eigenvalue weighted by Gasteiger charge is -2.23. The third kappa shape index (κ3) is 5.82. The summed E-state index contributed by atoms with van der Waals surface area (Å²) in [6, 6.07) is 11.2. The molecule has 1 atom stereocenters. The number of hydrogen-bond donors (Lipinski definition) is 1. The smallest absolute Gasteiger partial charge is 0.356 e. The molecule has 1 unspecified atom stereocenters. The fourth-order valence-corrected chi connectivity index (χ4v) is 5.32. The molecule has 2 aliphatic rings. The summed E-state index contributed by atoms with van der Waals surface area (Å²) < 4.78 is 31.2. The Hall–Kier alpha value is -3.74. The second-order valence-electron chi connectivity index (χ2n) is 8.90. The number of carbonyl (C=O) groups excluding carboxylic acids is 2. The van der Waals surface area contributed by atoms with Crippen molar-refractivity contribution in [3.8, 4) is 5.88 Å². The van der Waals surface area contributed by atoms with Crippen molar-refractivity contribution in [3.63, 3.8) is 0 Å². The van der Waals surface area contributed by atoms with Gasteiger partial charge in [-0.15, -0.1) is 0 Å². The maximum atomic E-state index is 13.6. The third-order valence-electron chi connectivity index (χ3n) is 6.15. The van der Waals surface area contributed by atoms with Crippen LogP contribution in [-0.2, 0) is 14.9 Å². The fraction of sp³-hybridized carbons (Fsp3) is 0.240. The van der Waals surface area contributed by atoms with E-state index in [9.17, 15) is 18.0 Å². The summed E-state index contributed by atoms with van der Waals surface area (Å²) in [7, 11) is -2.74. The maximum Gasteiger partial charge on any atom is 0.356 e. The molecule has 39 heavy (non-hydrogen) atoms. The zero-order valence-corrected chi connectivity index (χ0v) is 22.8. The molecule has 3 heterocycles.